The Morgan fingerprint density at radius 1 is 0.720 bits per heavy atom. The van der Waals surface area contributed by atoms with Crippen LogP contribution < -0.4 is 4.46 Å². The van der Waals surface area contributed by atoms with Crippen molar-refractivity contribution in [3.63, 3.8) is 0 Å². The van der Waals surface area contributed by atoms with Gasteiger partial charge < -0.3 is 0 Å². The van der Waals surface area contributed by atoms with Crippen LogP contribution in [0, 0.1) is 0 Å². The van der Waals surface area contributed by atoms with Gasteiger partial charge >= 0.3 is 156 Å². The second-order valence-corrected chi connectivity index (χ2v) is 9.58. The van der Waals surface area contributed by atoms with Gasteiger partial charge in [-0.2, -0.15) is 0 Å². The first kappa shape index (κ1) is 16.6. The fraction of sp³-hybridized carbons (Fsp3) is 0.217. The Morgan fingerprint density at radius 3 is 1.56 bits per heavy atom. The molecule has 1 fully saturated rings. The minimum atomic E-state index is -0.384. The molecule has 1 nitrogen and oxygen atoms in total. The van der Waals surface area contributed by atoms with Gasteiger partial charge in [-0.05, 0) is 0 Å². The van der Waals surface area contributed by atoms with Crippen LogP contribution in [0.5, 0.6) is 0 Å². The Hall–Kier alpha value is -1.86. The second-order valence-electron chi connectivity index (χ2n) is 6.53. The van der Waals surface area contributed by atoms with E-state index in [0.29, 0.717) is 15.0 Å². The number of hydrogen-bond acceptors (Lipinski definition) is 1. The number of hydrogen-bond donors (Lipinski definition) is 0. The first-order valence-corrected chi connectivity index (χ1v) is 10.4. The molecule has 0 atom stereocenters. The van der Waals surface area contributed by atoms with Crippen molar-refractivity contribution in [2.45, 2.75) is 22.8 Å². The molecule has 0 saturated heterocycles. The molecule has 3 aromatic carbocycles. The SMILES string of the molecule is COC(c1ccccc1)(c1ccccc1)C1([Se]c2ccccc2)CC1. The number of ether oxygens (including phenoxy) is 1. The van der Waals surface area contributed by atoms with Crippen molar-refractivity contribution >= 4 is 19.4 Å². The quantitative estimate of drug-likeness (QED) is 0.558. The van der Waals surface area contributed by atoms with Crippen LogP contribution in [-0.2, 0) is 10.3 Å². The molecule has 0 amide bonds. The number of rotatable bonds is 6. The van der Waals surface area contributed by atoms with Gasteiger partial charge in [-0.1, -0.05) is 0 Å². The van der Waals surface area contributed by atoms with E-state index in [9.17, 15) is 0 Å². The maximum absolute atomic E-state index is 6.43. The van der Waals surface area contributed by atoms with Gasteiger partial charge in [0.05, 0.1) is 0 Å². The minimum absolute atomic E-state index is 0.165. The van der Waals surface area contributed by atoms with Crippen LogP contribution in [0.4, 0.5) is 0 Å². The van der Waals surface area contributed by atoms with Gasteiger partial charge in [-0.3, -0.25) is 0 Å². The Bertz CT molecular complexity index is 771. The number of benzene rings is 3. The zero-order chi connectivity index (χ0) is 17.2. The molecule has 0 heterocycles. The molecule has 0 spiro atoms. The molecule has 0 aliphatic heterocycles. The van der Waals surface area contributed by atoms with Crippen LogP contribution in [0.3, 0.4) is 0 Å². The first-order chi connectivity index (χ1) is 12.3. The molecule has 4 rings (SSSR count). The molecular weight excluding hydrogens is 371 g/mol. The van der Waals surface area contributed by atoms with Gasteiger partial charge in [0, 0.05) is 0 Å². The first-order valence-electron chi connectivity index (χ1n) is 8.71. The average Bonchev–Trinajstić information content (AvgIpc) is 3.46. The van der Waals surface area contributed by atoms with Crippen LogP contribution in [-0.4, -0.2) is 22.1 Å². The van der Waals surface area contributed by atoms with Crippen molar-refractivity contribution < 1.29 is 4.74 Å². The summed E-state index contributed by atoms with van der Waals surface area (Å²) < 4.78 is 8.04. The van der Waals surface area contributed by atoms with Crippen LogP contribution >= 0.6 is 0 Å². The van der Waals surface area contributed by atoms with Crippen molar-refractivity contribution in [2.75, 3.05) is 7.11 Å². The molecule has 0 unspecified atom stereocenters. The predicted molar refractivity (Wildman–Crippen MR) is 104 cm³/mol. The fourth-order valence-electron chi connectivity index (χ4n) is 3.81. The Morgan fingerprint density at radius 2 is 1.16 bits per heavy atom. The van der Waals surface area contributed by atoms with E-state index in [4.69, 9.17) is 4.74 Å². The van der Waals surface area contributed by atoms with Gasteiger partial charge in [0.1, 0.15) is 0 Å². The summed E-state index contributed by atoms with van der Waals surface area (Å²) in [7, 11) is 1.88. The van der Waals surface area contributed by atoms with E-state index in [1.165, 1.54) is 28.4 Å². The van der Waals surface area contributed by atoms with Crippen LogP contribution in [0.2, 0.25) is 4.31 Å². The summed E-state index contributed by atoms with van der Waals surface area (Å²) in [6.07, 6.45) is 2.42. The molecule has 0 radical (unpaired) electrons. The summed E-state index contributed by atoms with van der Waals surface area (Å²) in [6.45, 7) is 0. The summed E-state index contributed by atoms with van der Waals surface area (Å²) in [5.74, 6) is 0. The monoisotopic (exact) mass is 394 g/mol. The van der Waals surface area contributed by atoms with Gasteiger partial charge in [-0.25, -0.2) is 0 Å². The van der Waals surface area contributed by atoms with Gasteiger partial charge in [0.15, 0.2) is 0 Å². The van der Waals surface area contributed by atoms with Crippen molar-refractivity contribution in [3.05, 3.63) is 102 Å². The van der Waals surface area contributed by atoms with Crippen molar-refractivity contribution in [3.8, 4) is 0 Å². The van der Waals surface area contributed by atoms with Crippen LogP contribution in [0.15, 0.2) is 91.0 Å². The molecule has 25 heavy (non-hydrogen) atoms. The Kier molecular flexibility index (Phi) is 4.52. The third kappa shape index (κ3) is 2.85. The van der Waals surface area contributed by atoms with Gasteiger partial charge in [0.25, 0.3) is 0 Å². The third-order valence-corrected chi connectivity index (χ3v) is 8.41. The molecule has 1 aliphatic carbocycles. The second kappa shape index (κ2) is 6.80. The zero-order valence-corrected chi connectivity index (χ0v) is 16.1. The zero-order valence-electron chi connectivity index (χ0n) is 14.4. The van der Waals surface area contributed by atoms with Crippen molar-refractivity contribution in [1.82, 2.24) is 0 Å². The molecule has 0 aromatic heterocycles. The van der Waals surface area contributed by atoms with Crippen LogP contribution in [0.1, 0.15) is 24.0 Å². The fourth-order valence-corrected chi connectivity index (χ4v) is 6.99. The van der Waals surface area contributed by atoms with Crippen molar-refractivity contribution in [1.29, 1.82) is 0 Å². The van der Waals surface area contributed by atoms with E-state index in [1.807, 2.05) is 7.11 Å². The van der Waals surface area contributed by atoms with E-state index in [-0.39, 0.29) is 9.91 Å². The average molecular weight is 393 g/mol. The molecule has 0 bridgehead atoms. The Balaban J connectivity index is 1.86. The van der Waals surface area contributed by atoms with Gasteiger partial charge in [0.2, 0.25) is 0 Å². The molecule has 2 heteroatoms. The summed E-state index contributed by atoms with van der Waals surface area (Å²) in [5.41, 5.74) is 2.14. The van der Waals surface area contributed by atoms with Crippen molar-refractivity contribution in [2.24, 2.45) is 0 Å². The maximum atomic E-state index is 6.43. The van der Waals surface area contributed by atoms with E-state index in [2.05, 4.69) is 91.0 Å². The molecule has 126 valence electrons. The molecular formula is C23H22OSe. The normalized spacial score (nSPS) is 15.7. The van der Waals surface area contributed by atoms with Crippen LogP contribution in [0.25, 0.3) is 0 Å². The molecule has 1 aliphatic rings. The summed E-state index contributed by atoms with van der Waals surface area (Å²) in [6, 6.07) is 32.4. The third-order valence-electron chi connectivity index (χ3n) is 5.07. The number of methoxy groups -OCH3 is 1. The molecule has 0 N–H and O–H groups in total. The molecule has 3 aromatic rings. The van der Waals surface area contributed by atoms with E-state index < -0.39 is 0 Å². The topological polar surface area (TPSA) is 9.23 Å². The van der Waals surface area contributed by atoms with E-state index in [0.717, 1.165) is 0 Å². The van der Waals surface area contributed by atoms with Gasteiger partial charge in [-0.15, -0.1) is 0 Å². The Labute approximate surface area is 156 Å². The standard InChI is InChI=1S/C23H22OSe/c1-24-23(19-11-5-2-6-12-19,20-13-7-3-8-14-20)22(17-18-22)25-21-15-9-4-10-16-21/h2-16H,17-18H2,1H3. The van der Waals surface area contributed by atoms with E-state index >= 15 is 0 Å². The summed E-state index contributed by atoms with van der Waals surface area (Å²) in [4.78, 5) is 0. The summed E-state index contributed by atoms with van der Waals surface area (Å²) in [5, 5.41) is 0. The summed E-state index contributed by atoms with van der Waals surface area (Å²) >= 11 is 0.343. The molecule has 1 saturated carbocycles. The van der Waals surface area contributed by atoms with E-state index in [1.54, 1.807) is 0 Å². The predicted octanol–water partition coefficient (Wildman–Crippen LogP) is 4.56.